The molecule has 8 nitrogen and oxygen atoms in total. The van der Waals surface area contributed by atoms with Crippen LogP contribution in [0.15, 0.2) is 12.1 Å². The number of aromatic nitrogens is 1. The van der Waals surface area contributed by atoms with Crippen LogP contribution in [0.1, 0.15) is 0 Å². The molecule has 1 aromatic heterocycles. The topological polar surface area (TPSA) is 106 Å². The Bertz CT molecular complexity index is 531. The monoisotopic (exact) mass is 299 g/mol. The Labute approximate surface area is 120 Å². The van der Waals surface area contributed by atoms with Crippen LogP contribution < -0.4 is 10.6 Å². The molecule has 0 unspecified atom stereocenters. The van der Waals surface area contributed by atoms with Crippen molar-refractivity contribution in [3.05, 3.63) is 27.4 Å². The second-order valence-electron chi connectivity index (χ2n) is 4.46. The average molecular weight is 300 g/mol. The van der Waals surface area contributed by atoms with Gasteiger partial charge in [0.05, 0.1) is 11.5 Å². The van der Waals surface area contributed by atoms with E-state index in [2.05, 4.69) is 4.98 Å². The Balaban J connectivity index is 2.12. The maximum Gasteiger partial charge on any atom is 0.311 e. The molecule has 20 heavy (non-hydrogen) atoms. The maximum atomic E-state index is 11.0. The zero-order valence-electron chi connectivity index (χ0n) is 10.7. The number of pyridine rings is 1. The van der Waals surface area contributed by atoms with E-state index in [1.54, 1.807) is 4.90 Å². The number of hydrogen-bond acceptors (Lipinski definition) is 6. The van der Waals surface area contributed by atoms with Crippen molar-refractivity contribution >= 4 is 29.0 Å². The van der Waals surface area contributed by atoms with Crippen molar-refractivity contribution in [3.8, 4) is 0 Å². The number of nitro groups is 1. The molecule has 1 aromatic rings. The molecule has 0 bridgehead atoms. The summed E-state index contributed by atoms with van der Waals surface area (Å²) in [6.07, 6.45) is 0. The lowest BCUT2D eigenvalue weighted by atomic mass is 10.3. The van der Waals surface area contributed by atoms with Crippen molar-refractivity contribution in [1.29, 1.82) is 0 Å². The third-order valence-corrected chi connectivity index (χ3v) is 3.28. The van der Waals surface area contributed by atoms with Crippen LogP contribution >= 0.6 is 11.6 Å². The first kappa shape index (κ1) is 14.5. The van der Waals surface area contributed by atoms with Crippen LogP contribution in [0, 0.1) is 10.1 Å². The van der Waals surface area contributed by atoms with Crippen LogP contribution in [-0.4, -0.2) is 53.4 Å². The van der Waals surface area contributed by atoms with Crippen molar-refractivity contribution in [2.75, 3.05) is 37.6 Å². The molecule has 2 rings (SSSR count). The first-order valence-electron chi connectivity index (χ1n) is 6.04. The number of carbonyl (C=O) groups excluding carboxylic acids is 1. The summed E-state index contributed by atoms with van der Waals surface area (Å²) in [6, 6.07) is 2.74. The highest BCUT2D eigenvalue weighted by Gasteiger charge is 2.25. The smallest absolute Gasteiger partial charge is 0.311 e. The van der Waals surface area contributed by atoms with E-state index >= 15 is 0 Å². The number of amides is 1. The van der Waals surface area contributed by atoms with Crippen LogP contribution in [0.5, 0.6) is 0 Å². The number of carbonyl (C=O) groups is 1. The molecule has 1 amide bonds. The van der Waals surface area contributed by atoms with Gasteiger partial charge in [0.2, 0.25) is 11.7 Å². The lowest BCUT2D eigenvalue weighted by Gasteiger charge is -2.34. The van der Waals surface area contributed by atoms with E-state index in [1.807, 2.05) is 4.90 Å². The van der Waals surface area contributed by atoms with E-state index in [9.17, 15) is 14.9 Å². The van der Waals surface area contributed by atoms with Crippen molar-refractivity contribution in [2.24, 2.45) is 5.73 Å². The van der Waals surface area contributed by atoms with E-state index in [1.165, 1.54) is 12.1 Å². The van der Waals surface area contributed by atoms with Gasteiger partial charge in [-0.15, -0.1) is 0 Å². The van der Waals surface area contributed by atoms with Crippen LogP contribution in [-0.2, 0) is 4.79 Å². The minimum absolute atomic E-state index is 0.0715. The van der Waals surface area contributed by atoms with Crippen molar-refractivity contribution in [3.63, 3.8) is 0 Å². The molecule has 1 aliphatic heterocycles. The molecule has 108 valence electrons. The fourth-order valence-corrected chi connectivity index (χ4v) is 2.27. The lowest BCUT2D eigenvalue weighted by molar-refractivity contribution is -0.384. The maximum absolute atomic E-state index is 11.0. The van der Waals surface area contributed by atoms with E-state index in [0.29, 0.717) is 26.2 Å². The van der Waals surface area contributed by atoms with Crippen LogP contribution in [0.4, 0.5) is 11.5 Å². The molecule has 0 aromatic carbocycles. The summed E-state index contributed by atoms with van der Waals surface area (Å²) in [5.74, 6) is -0.119. The number of nitrogens with two attached hydrogens (primary N) is 1. The Hall–Kier alpha value is -1.93. The zero-order valence-corrected chi connectivity index (χ0v) is 11.4. The number of halogens is 1. The summed E-state index contributed by atoms with van der Waals surface area (Å²) in [7, 11) is 0. The standard InChI is InChI=1S/C11H14ClN5O3/c12-9-2-1-8(17(19)20)11(14-9)16-5-3-15(4-6-16)7-10(13)18/h1-2H,3-7H2,(H2,13,18). The fraction of sp³-hybridized carbons (Fsp3) is 0.455. The van der Waals surface area contributed by atoms with Crippen LogP contribution in [0.2, 0.25) is 5.15 Å². The Morgan fingerprint density at radius 1 is 1.40 bits per heavy atom. The van der Waals surface area contributed by atoms with E-state index in [-0.39, 0.29) is 29.1 Å². The molecule has 1 aliphatic rings. The van der Waals surface area contributed by atoms with E-state index in [0.717, 1.165) is 0 Å². The zero-order chi connectivity index (χ0) is 14.7. The van der Waals surface area contributed by atoms with Gasteiger partial charge in [-0.2, -0.15) is 0 Å². The van der Waals surface area contributed by atoms with Gasteiger partial charge in [0, 0.05) is 32.2 Å². The molecular formula is C11H14ClN5O3. The average Bonchev–Trinajstić information content (AvgIpc) is 2.38. The second-order valence-corrected chi connectivity index (χ2v) is 4.85. The summed E-state index contributed by atoms with van der Waals surface area (Å²) in [5, 5.41) is 11.2. The van der Waals surface area contributed by atoms with Gasteiger partial charge in [0.25, 0.3) is 0 Å². The molecule has 2 N–H and O–H groups in total. The molecule has 0 saturated carbocycles. The summed E-state index contributed by atoms with van der Waals surface area (Å²) in [4.78, 5) is 29.1. The third kappa shape index (κ3) is 3.34. The Morgan fingerprint density at radius 2 is 2.05 bits per heavy atom. The highest BCUT2D eigenvalue weighted by molar-refractivity contribution is 6.29. The van der Waals surface area contributed by atoms with Gasteiger partial charge in [0.1, 0.15) is 5.15 Å². The molecule has 1 saturated heterocycles. The predicted molar refractivity (Wildman–Crippen MR) is 73.7 cm³/mol. The highest BCUT2D eigenvalue weighted by atomic mass is 35.5. The van der Waals surface area contributed by atoms with Gasteiger partial charge in [-0.25, -0.2) is 4.98 Å². The van der Waals surface area contributed by atoms with Gasteiger partial charge < -0.3 is 10.6 Å². The van der Waals surface area contributed by atoms with Gasteiger partial charge >= 0.3 is 5.69 Å². The quantitative estimate of drug-likeness (QED) is 0.485. The number of primary amides is 1. The summed E-state index contributed by atoms with van der Waals surface area (Å²) >= 11 is 5.81. The predicted octanol–water partition coefficient (Wildman–Crippen LogP) is 0.251. The molecular weight excluding hydrogens is 286 g/mol. The van der Waals surface area contributed by atoms with Gasteiger partial charge in [-0.05, 0) is 6.07 Å². The van der Waals surface area contributed by atoms with Gasteiger partial charge in [0.15, 0.2) is 0 Å². The molecule has 2 heterocycles. The first-order valence-corrected chi connectivity index (χ1v) is 6.41. The molecule has 0 aliphatic carbocycles. The van der Waals surface area contributed by atoms with E-state index < -0.39 is 4.92 Å². The minimum Gasteiger partial charge on any atom is -0.369 e. The van der Waals surface area contributed by atoms with Crippen molar-refractivity contribution in [2.45, 2.75) is 0 Å². The SMILES string of the molecule is NC(=O)CN1CCN(c2nc(Cl)ccc2[N+](=O)[O-])CC1. The van der Waals surface area contributed by atoms with Gasteiger partial charge in [-0.3, -0.25) is 19.8 Å². The number of hydrogen-bond donors (Lipinski definition) is 1. The van der Waals surface area contributed by atoms with Crippen molar-refractivity contribution in [1.82, 2.24) is 9.88 Å². The highest BCUT2D eigenvalue weighted by Crippen LogP contribution is 2.28. The molecule has 1 fully saturated rings. The Kier molecular flexibility index (Phi) is 4.35. The largest absolute Gasteiger partial charge is 0.369 e. The first-order chi connectivity index (χ1) is 9.47. The second kappa shape index (κ2) is 6.02. The molecule has 0 atom stereocenters. The molecule has 0 spiro atoms. The number of nitrogens with zero attached hydrogens (tertiary/aromatic N) is 4. The van der Waals surface area contributed by atoms with Crippen molar-refractivity contribution < 1.29 is 9.72 Å². The molecule has 9 heteroatoms. The number of rotatable bonds is 4. The summed E-state index contributed by atoms with van der Waals surface area (Å²) in [6.45, 7) is 2.43. The number of anilines is 1. The fourth-order valence-electron chi connectivity index (χ4n) is 2.13. The Morgan fingerprint density at radius 3 is 2.60 bits per heavy atom. The van der Waals surface area contributed by atoms with Crippen LogP contribution in [0.3, 0.4) is 0 Å². The van der Waals surface area contributed by atoms with Crippen LogP contribution in [0.25, 0.3) is 0 Å². The summed E-state index contributed by atoms with van der Waals surface area (Å²) < 4.78 is 0. The third-order valence-electron chi connectivity index (χ3n) is 3.07. The lowest BCUT2D eigenvalue weighted by Crippen LogP contribution is -2.49. The minimum atomic E-state index is -0.478. The molecule has 0 radical (unpaired) electrons. The van der Waals surface area contributed by atoms with E-state index in [4.69, 9.17) is 17.3 Å². The number of piperazine rings is 1. The normalized spacial score (nSPS) is 16.1. The van der Waals surface area contributed by atoms with Gasteiger partial charge in [-0.1, -0.05) is 11.6 Å². The summed E-state index contributed by atoms with van der Waals surface area (Å²) in [5.41, 5.74) is 5.07.